The highest BCUT2D eigenvalue weighted by molar-refractivity contribution is 7.90. The molecule has 3 rings (SSSR count). The molecule has 27 heavy (non-hydrogen) atoms. The molecule has 0 amide bonds. The normalized spacial score (nSPS) is 20.6. The van der Waals surface area contributed by atoms with Crippen LogP contribution in [-0.4, -0.2) is 26.3 Å². The number of rotatable bonds is 7. The Morgan fingerprint density at radius 1 is 0.889 bits per heavy atom. The van der Waals surface area contributed by atoms with E-state index < -0.39 is 10.0 Å². The van der Waals surface area contributed by atoms with Gasteiger partial charge in [-0.1, -0.05) is 42.5 Å². The zero-order valence-electron chi connectivity index (χ0n) is 16.2. The third-order valence-corrected chi connectivity index (χ3v) is 7.29. The Kier molecular flexibility index (Phi) is 6.55. The molecule has 1 saturated carbocycles. The van der Waals surface area contributed by atoms with Crippen LogP contribution in [0, 0.1) is 5.92 Å². The van der Waals surface area contributed by atoms with Crippen molar-refractivity contribution in [1.29, 1.82) is 0 Å². The lowest BCUT2D eigenvalue weighted by molar-refractivity contribution is 0.323. The lowest BCUT2D eigenvalue weighted by Crippen LogP contribution is -2.41. The minimum Gasteiger partial charge on any atom is -0.385 e. The topological polar surface area (TPSA) is 58.2 Å². The van der Waals surface area contributed by atoms with Gasteiger partial charge in [0.1, 0.15) is 0 Å². The maximum atomic E-state index is 12.0. The minimum atomic E-state index is -3.16. The van der Waals surface area contributed by atoms with E-state index in [0.29, 0.717) is 5.92 Å². The van der Waals surface area contributed by atoms with E-state index in [1.165, 1.54) is 11.1 Å². The molecule has 1 aliphatic rings. The predicted octanol–water partition coefficient (Wildman–Crippen LogP) is 4.65. The van der Waals surface area contributed by atoms with Gasteiger partial charge in [0.05, 0.1) is 5.25 Å². The zero-order valence-corrected chi connectivity index (χ0v) is 17.0. The molecule has 0 unspecified atom stereocenters. The van der Waals surface area contributed by atoms with Gasteiger partial charge in [-0.05, 0) is 68.7 Å². The monoisotopic (exact) mass is 386 g/mol. The first-order valence-electron chi connectivity index (χ1n) is 9.84. The van der Waals surface area contributed by atoms with Gasteiger partial charge in [0.25, 0.3) is 0 Å². The van der Waals surface area contributed by atoms with Gasteiger partial charge in [-0.2, -0.15) is 0 Å². The summed E-state index contributed by atoms with van der Waals surface area (Å²) in [6.45, 7) is 4.39. The van der Waals surface area contributed by atoms with Gasteiger partial charge in [0.15, 0.2) is 0 Å². The fourth-order valence-corrected chi connectivity index (χ4v) is 4.50. The molecule has 2 aromatic carbocycles. The molecular formula is C22H30N2O2S. The third kappa shape index (κ3) is 5.56. The lowest BCUT2D eigenvalue weighted by atomic mass is 9.86. The Balaban J connectivity index is 1.45. The van der Waals surface area contributed by atoms with Gasteiger partial charge in [-0.15, -0.1) is 0 Å². The molecule has 0 heterocycles. The minimum absolute atomic E-state index is 0.0961. The van der Waals surface area contributed by atoms with Gasteiger partial charge in [0.2, 0.25) is 10.0 Å². The van der Waals surface area contributed by atoms with E-state index >= 15 is 0 Å². The average Bonchev–Trinajstić information content (AvgIpc) is 2.68. The van der Waals surface area contributed by atoms with Crippen molar-refractivity contribution < 1.29 is 8.42 Å². The maximum Gasteiger partial charge on any atom is 0.214 e. The van der Waals surface area contributed by atoms with Crippen molar-refractivity contribution in [2.45, 2.75) is 50.8 Å². The number of hydrogen-bond acceptors (Lipinski definition) is 3. The van der Waals surface area contributed by atoms with E-state index in [1.807, 2.05) is 6.07 Å². The van der Waals surface area contributed by atoms with Crippen LogP contribution in [0.4, 0.5) is 5.69 Å². The predicted molar refractivity (Wildman–Crippen MR) is 113 cm³/mol. The number of benzene rings is 2. The molecule has 0 radical (unpaired) electrons. The van der Waals surface area contributed by atoms with Gasteiger partial charge in [-0.3, -0.25) is 0 Å². The molecule has 0 spiro atoms. The second kappa shape index (κ2) is 8.89. The molecule has 0 saturated heterocycles. The third-order valence-electron chi connectivity index (χ3n) is 5.39. The fraction of sp³-hybridized carbons (Fsp3) is 0.455. The first kappa shape index (κ1) is 19.9. The molecule has 4 nitrogen and oxygen atoms in total. The molecule has 2 N–H and O–H groups in total. The van der Waals surface area contributed by atoms with Crippen LogP contribution in [-0.2, 0) is 10.0 Å². The summed E-state index contributed by atoms with van der Waals surface area (Å²) in [5.74, 6) is 0.596. The number of sulfonamides is 1. The van der Waals surface area contributed by atoms with Crippen molar-refractivity contribution in [3.63, 3.8) is 0 Å². The van der Waals surface area contributed by atoms with Crippen LogP contribution in [0.1, 0.15) is 39.5 Å². The van der Waals surface area contributed by atoms with E-state index in [2.05, 4.69) is 58.6 Å². The van der Waals surface area contributed by atoms with E-state index in [9.17, 15) is 8.42 Å². The Hall–Kier alpha value is -1.85. The van der Waals surface area contributed by atoms with Gasteiger partial charge >= 0.3 is 0 Å². The second-order valence-electron chi connectivity index (χ2n) is 7.75. The van der Waals surface area contributed by atoms with E-state index in [0.717, 1.165) is 37.9 Å². The van der Waals surface area contributed by atoms with E-state index in [-0.39, 0.29) is 11.3 Å². The summed E-state index contributed by atoms with van der Waals surface area (Å²) in [6, 6.07) is 19.0. The zero-order chi connectivity index (χ0) is 19.3. The van der Waals surface area contributed by atoms with Crippen molar-refractivity contribution in [3.05, 3.63) is 54.6 Å². The maximum absolute atomic E-state index is 12.0. The number of nitrogens with one attached hydrogen (secondary N) is 2. The van der Waals surface area contributed by atoms with E-state index in [1.54, 1.807) is 13.8 Å². The van der Waals surface area contributed by atoms with Gasteiger partial charge in [-0.25, -0.2) is 13.1 Å². The Morgan fingerprint density at radius 2 is 1.48 bits per heavy atom. The summed E-state index contributed by atoms with van der Waals surface area (Å²) in [5.41, 5.74) is 3.59. The molecule has 2 aromatic rings. The largest absolute Gasteiger partial charge is 0.385 e. The summed E-state index contributed by atoms with van der Waals surface area (Å²) < 4.78 is 26.9. The van der Waals surface area contributed by atoms with Gasteiger partial charge < -0.3 is 5.32 Å². The highest BCUT2D eigenvalue weighted by Crippen LogP contribution is 2.26. The fourth-order valence-electron chi connectivity index (χ4n) is 3.53. The van der Waals surface area contributed by atoms with Gasteiger partial charge in [0, 0.05) is 18.3 Å². The van der Waals surface area contributed by atoms with Crippen molar-refractivity contribution in [3.8, 4) is 11.1 Å². The van der Waals surface area contributed by atoms with Crippen LogP contribution in [0.3, 0.4) is 0 Å². The van der Waals surface area contributed by atoms with Crippen molar-refractivity contribution in [1.82, 2.24) is 4.72 Å². The molecule has 0 aromatic heterocycles. The molecule has 0 aliphatic heterocycles. The smallest absolute Gasteiger partial charge is 0.214 e. The summed E-state index contributed by atoms with van der Waals surface area (Å²) in [5, 5.41) is 3.17. The van der Waals surface area contributed by atoms with Crippen LogP contribution < -0.4 is 10.0 Å². The molecule has 5 heteroatoms. The van der Waals surface area contributed by atoms with Crippen molar-refractivity contribution >= 4 is 15.7 Å². The van der Waals surface area contributed by atoms with Crippen LogP contribution in [0.25, 0.3) is 11.1 Å². The highest BCUT2D eigenvalue weighted by atomic mass is 32.2. The van der Waals surface area contributed by atoms with Crippen LogP contribution in [0.2, 0.25) is 0 Å². The highest BCUT2D eigenvalue weighted by Gasteiger charge is 2.26. The first-order valence-corrected chi connectivity index (χ1v) is 11.4. The molecule has 1 aliphatic carbocycles. The summed E-state index contributed by atoms with van der Waals surface area (Å²) in [4.78, 5) is 0. The molecule has 0 bridgehead atoms. The quantitative estimate of drug-likeness (QED) is 0.728. The van der Waals surface area contributed by atoms with E-state index in [4.69, 9.17) is 0 Å². The lowest BCUT2D eigenvalue weighted by Gasteiger charge is -2.29. The number of hydrogen-bond donors (Lipinski definition) is 2. The number of anilines is 1. The Bertz CT molecular complexity index is 809. The molecule has 1 fully saturated rings. The van der Waals surface area contributed by atoms with Crippen molar-refractivity contribution in [2.75, 3.05) is 11.9 Å². The van der Waals surface area contributed by atoms with Crippen LogP contribution in [0.15, 0.2) is 54.6 Å². The average molecular weight is 387 g/mol. The molecule has 0 atom stereocenters. The SMILES string of the molecule is CC(C)S(=O)(=O)N[C@H]1CC[C@H](CNc2ccc(-c3ccccc3)cc2)CC1. The first-order chi connectivity index (χ1) is 12.9. The molecule has 146 valence electrons. The second-order valence-corrected chi connectivity index (χ2v) is 10.0. The van der Waals surface area contributed by atoms with Crippen LogP contribution in [0.5, 0.6) is 0 Å². The Labute approximate surface area is 163 Å². The summed E-state index contributed by atoms with van der Waals surface area (Å²) >= 11 is 0. The van der Waals surface area contributed by atoms with Crippen molar-refractivity contribution in [2.24, 2.45) is 5.92 Å². The standard InChI is InChI=1S/C22H30N2O2S/c1-17(2)27(25,26)24-22-12-8-18(9-13-22)16-23-21-14-10-20(11-15-21)19-6-4-3-5-7-19/h3-7,10-11,14-15,17-18,22-24H,8-9,12-13,16H2,1-2H3/t18-,22-. The summed E-state index contributed by atoms with van der Waals surface area (Å²) in [7, 11) is -3.16. The molecular weight excluding hydrogens is 356 g/mol. The summed E-state index contributed by atoms with van der Waals surface area (Å²) in [6.07, 6.45) is 3.96. The van der Waals surface area contributed by atoms with Crippen LogP contribution >= 0.6 is 0 Å². The Morgan fingerprint density at radius 3 is 2.07 bits per heavy atom.